The molecule has 1 unspecified atom stereocenters. The smallest absolute Gasteiger partial charge is 0.164 e. The molecule has 4 aromatic rings. The molecule has 0 spiro atoms. The van der Waals surface area contributed by atoms with Gasteiger partial charge in [0.05, 0.1) is 11.5 Å². The van der Waals surface area contributed by atoms with E-state index in [0.717, 1.165) is 32.7 Å². The molecule has 1 aromatic carbocycles. The van der Waals surface area contributed by atoms with Crippen LogP contribution in [0.4, 0.5) is 5.82 Å². The van der Waals surface area contributed by atoms with Crippen LogP contribution in [0.1, 0.15) is 6.92 Å². The van der Waals surface area contributed by atoms with Gasteiger partial charge in [-0.1, -0.05) is 30.3 Å². The van der Waals surface area contributed by atoms with Crippen LogP contribution in [0.5, 0.6) is 0 Å². The SMILES string of the molecule is CC(O)CN(C)c1nc(-c2cccnc2)nc2scc(-c3ccccc3)c12. The van der Waals surface area contributed by atoms with Crippen LogP contribution in [-0.2, 0) is 0 Å². The molecular formula is C21H20N4OS. The maximum absolute atomic E-state index is 9.89. The Morgan fingerprint density at radius 3 is 2.56 bits per heavy atom. The van der Waals surface area contributed by atoms with Gasteiger partial charge in [-0.05, 0) is 24.6 Å². The van der Waals surface area contributed by atoms with E-state index >= 15 is 0 Å². The van der Waals surface area contributed by atoms with Gasteiger partial charge in [0, 0.05) is 42.5 Å². The fourth-order valence-corrected chi connectivity index (χ4v) is 4.08. The zero-order valence-electron chi connectivity index (χ0n) is 15.2. The first-order valence-electron chi connectivity index (χ1n) is 8.77. The van der Waals surface area contributed by atoms with E-state index in [9.17, 15) is 5.11 Å². The zero-order chi connectivity index (χ0) is 18.8. The van der Waals surface area contributed by atoms with Crippen molar-refractivity contribution in [2.24, 2.45) is 0 Å². The largest absolute Gasteiger partial charge is 0.392 e. The highest BCUT2D eigenvalue weighted by atomic mass is 32.1. The summed E-state index contributed by atoms with van der Waals surface area (Å²) in [5, 5.41) is 13.0. The number of anilines is 1. The number of likely N-dealkylation sites (N-methyl/N-ethyl adjacent to an activating group) is 1. The predicted octanol–water partition coefficient (Wildman–Crippen LogP) is 4.24. The summed E-state index contributed by atoms with van der Waals surface area (Å²) in [5.41, 5.74) is 3.12. The Balaban J connectivity index is 1.94. The first-order chi connectivity index (χ1) is 13.1. The van der Waals surface area contributed by atoms with Crippen molar-refractivity contribution in [3.05, 3.63) is 60.2 Å². The number of hydrogen-bond acceptors (Lipinski definition) is 6. The van der Waals surface area contributed by atoms with Crippen LogP contribution in [0.25, 0.3) is 32.7 Å². The average molecular weight is 376 g/mol. The van der Waals surface area contributed by atoms with E-state index in [1.54, 1.807) is 30.7 Å². The molecule has 0 fully saturated rings. The van der Waals surface area contributed by atoms with Gasteiger partial charge in [0.1, 0.15) is 10.6 Å². The minimum absolute atomic E-state index is 0.458. The van der Waals surface area contributed by atoms with Gasteiger partial charge in [-0.2, -0.15) is 0 Å². The number of aliphatic hydroxyl groups excluding tert-OH is 1. The van der Waals surface area contributed by atoms with Crippen LogP contribution < -0.4 is 4.90 Å². The lowest BCUT2D eigenvalue weighted by Gasteiger charge is -2.22. The second kappa shape index (κ2) is 7.42. The molecule has 5 nitrogen and oxygen atoms in total. The minimum Gasteiger partial charge on any atom is -0.392 e. The third-order valence-corrected chi connectivity index (χ3v) is 5.19. The Labute approximate surface area is 162 Å². The van der Waals surface area contributed by atoms with Crippen molar-refractivity contribution in [2.75, 3.05) is 18.5 Å². The molecule has 0 saturated carbocycles. The molecule has 3 aromatic heterocycles. The molecule has 3 heterocycles. The van der Waals surface area contributed by atoms with Gasteiger partial charge in [0.2, 0.25) is 0 Å². The molecule has 6 heteroatoms. The van der Waals surface area contributed by atoms with Gasteiger partial charge >= 0.3 is 0 Å². The van der Waals surface area contributed by atoms with Crippen molar-refractivity contribution in [1.29, 1.82) is 0 Å². The summed E-state index contributed by atoms with van der Waals surface area (Å²) in [6.45, 7) is 2.27. The van der Waals surface area contributed by atoms with Crippen molar-refractivity contribution in [1.82, 2.24) is 15.0 Å². The highest BCUT2D eigenvalue weighted by molar-refractivity contribution is 7.17. The second-order valence-electron chi connectivity index (χ2n) is 6.54. The molecule has 0 radical (unpaired) electrons. The van der Waals surface area contributed by atoms with E-state index in [0.29, 0.717) is 12.4 Å². The first-order valence-corrected chi connectivity index (χ1v) is 9.65. The lowest BCUT2D eigenvalue weighted by molar-refractivity contribution is 0.201. The van der Waals surface area contributed by atoms with E-state index in [1.165, 1.54) is 0 Å². The Hall–Kier alpha value is -2.83. The summed E-state index contributed by atoms with van der Waals surface area (Å²) in [6.07, 6.45) is 3.05. The molecule has 0 saturated heterocycles. The summed E-state index contributed by atoms with van der Waals surface area (Å²) in [4.78, 5) is 16.8. The van der Waals surface area contributed by atoms with Gasteiger partial charge < -0.3 is 10.0 Å². The summed E-state index contributed by atoms with van der Waals surface area (Å²) >= 11 is 1.61. The van der Waals surface area contributed by atoms with Gasteiger partial charge in [-0.25, -0.2) is 9.97 Å². The molecule has 4 rings (SSSR count). The number of benzene rings is 1. The van der Waals surface area contributed by atoms with E-state index in [1.807, 2.05) is 42.3 Å². The molecular weight excluding hydrogens is 356 g/mol. The summed E-state index contributed by atoms with van der Waals surface area (Å²) < 4.78 is 0. The summed E-state index contributed by atoms with van der Waals surface area (Å²) in [5.74, 6) is 1.46. The van der Waals surface area contributed by atoms with Crippen LogP contribution in [0.15, 0.2) is 60.2 Å². The lowest BCUT2D eigenvalue weighted by Crippen LogP contribution is -2.28. The molecule has 1 N–H and O–H groups in total. The monoisotopic (exact) mass is 376 g/mol. The lowest BCUT2D eigenvalue weighted by atomic mass is 10.1. The van der Waals surface area contributed by atoms with E-state index in [2.05, 4.69) is 22.5 Å². The van der Waals surface area contributed by atoms with E-state index in [-0.39, 0.29) is 0 Å². The molecule has 136 valence electrons. The topological polar surface area (TPSA) is 62.1 Å². The molecule has 0 bridgehead atoms. The van der Waals surface area contributed by atoms with Crippen molar-refractivity contribution >= 4 is 27.4 Å². The van der Waals surface area contributed by atoms with Gasteiger partial charge in [0.15, 0.2) is 5.82 Å². The number of fused-ring (bicyclic) bond motifs is 1. The molecule has 1 atom stereocenters. The normalized spacial score (nSPS) is 12.3. The summed E-state index contributed by atoms with van der Waals surface area (Å²) in [6, 6.07) is 14.1. The Morgan fingerprint density at radius 1 is 1.07 bits per heavy atom. The highest BCUT2D eigenvalue weighted by Crippen LogP contribution is 2.39. The maximum atomic E-state index is 9.89. The number of rotatable bonds is 5. The number of aliphatic hydroxyl groups is 1. The number of thiophene rings is 1. The fourth-order valence-electron chi connectivity index (χ4n) is 3.14. The second-order valence-corrected chi connectivity index (χ2v) is 7.40. The van der Waals surface area contributed by atoms with Crippen LogP contribution in [0.3, 0.4) is 0 Å². The molecule has 0 aliphatic rings. The van der Waals surface area contributed by atoms with Crippen molar-refractivity contribution < 1.29 is 5.11 Å². The van der Waals surface area contributed by atoms with Crippen LogP contribution in [-0.4, -0.2) is 39.8 Å². The van der Waals surface area contributed by atoms with Crippen molar-refractivity contribution in [3.63, 3.8) is 0 Å². The van der Waals surface area contributed by atoms with Crippen LogP contribution >= 0.6 is 11.3 Å². The summed E-state index contributed by atoms with van der Waals surface area (Å²) in [7, 11) is 1.95. The predicted molar refractivity (Wildman–Crippen MR) is 111 cm³/mol. The Kier molecular flexibility index (Phi) is 4.83. The van der Waals surface area contributed by atoms with Crippen molar-refractivity contribution in [2.45, 2.75) is 13.0 Å². The number of pyridine rings is 1. The minimum atomic E-state index is -0.458. The highest BCUT2D eigenvalue weighted by Gasteiger charge is 2.19. The van der Waals surface area contributed by atoms with Crippen LogP contribution in [0, 0.1) is 0 Å². The maximum Gasteiger partial charge on any atom is 0.164 e. The Morgan fingerprint density at radius 2 is 1.85 bits per heavy atom. The van der Waals surface area contributed by atoms with Gasteiger partial charge in [0.25, 0.3) is 0 Å². The number of hydrogen-bond donors (Lipinski definition) is 1. The average Bonchev–Trinajstić information content (AvgIpc) is 3.12. The number of nitrogens with zero attached hydrogens (tertiary/aromatic N) is 4. The molecule has 0 aliphatic carbocycles. The third-order valence-electron chi connectivity index (χ3n) is 4.32. The quantitative estimate of drug-likeness (QED) is 0.564. The van der Waals surface area contributed by atoms with Crippen LogP contribution in [0.2, 0.25) is 0 Å². The standard InChI is InChI=1S/C21H20N4OS/c1-14(26)12-25(2)20-18-17(15-7-4-3-5-8-15)13-27-21(18)24-19(23-20)16-9-6-10-22-11-16/h3-11,13-14,26H,12H2,1-2H3. The number of aromatic nitrogens is 3. The third kappa shape index (κ3) is 3.54. The van der Waals surface area contributed by atoms with E-state index < -0.39 is 6.10 Å². The zero-order valence-corrected chi connectivity index (χ0v) is 16.0. The molecule has 27 heavy (non-hydrogen) atoms. The van der Waals surface area contributed by atoms with Gasteiger partial charge in [-0.15, -0.1) is 11.3 Å². The van der Waals surface area contributed by atoms with Crippen molar-refractivity contribution in [3.8, 4) is 22.5 Å². The first kappa shape index (κ1) is 17.6. The molecule has 0 amide bonds. The molecule has 0 aliphatic heterocycles. The van der Waals surface area contributed by atoms with E-state index in [4.69, 9.17) is 9.97 Å². The van der Waals surface area contributed by atoms with Gasteiger partial charge in [-0.3, -0.25) is 4.98 Å². The fraction of sp³-hybridized carbons (Fsp3) is 0.190. The Bertz CT molecular complexity index is 1050.